The fourth-order valence-corrected chi connectivity index (χ4v) is 2.98. The van der Waals surface area contributed by atoms with E-state index in [4.69, 9.17) is 14.0 Å². The maximum atomic E-state index is 11.6. The average molecular weight is 323 g/mol. The highest BCUT2D eigenvalue weighted by Crippen LogP contribution is 2.33. The fourth-order valence-electron chi connectivity index (χ4n) is 2.39. The number of nitrogens with one attached hydrogen (secondary N) is 1. The third-order valence-electron chi connectivity index (χ3n) is 3.26. The van der Waals surface area contributed by atoms with Crippen molar-refractivity contribution in [2.75, 3.05) is 12.5 Å². The summed E-state index contributed by atoms with van der Waals surface area (Å²) in [5.74, 6) is -1.26. The number of hydrogen-bond acceptors (Lipinski definition) is 6. The van der Waals surface area contributed by atoms with E-state index in [0.29, 0.717) is 6.42 Å². The van der Waals surface area contributed by atoms with Gasteiger partial charge in [-0.05, 0) is 12.8 Å². The molecule has 0 aromatic carbocycles. The van der Waals surface area contributed by atoms with Gasteiger partial charge in [0.2, 0.25) is 5.91 Å². The van der Waals surface area contributed by atoms with Crippen LogP contribution in [0.4, 0.5) is 0 Å². The summed E-state index contributed by atoms with van der Waals surface area (Å²) in [5, 5.41) is 2.62. The number of ether oxygens (including phenoxy) is 2. The maximum absolute atomic E-state index is 11.6. The van der Waals surface area contributed by atoms with Crippen molar-refractivity contribution in [3.05, 3.63) is 0 Å². The van der Waals surface area contributed by atoms with Crippen molar-refractivity contribution < 1.29 is 32.0 Å². The molecule has 0 aliphatic carbocycles. The molecule has 0 aromatic rings. The van der Waals surface area contributed by atoms with E-state index in [2.05, 4.69) is 5.32 Å². The van der Waals surface area contributed by atoms with E-state index in [0.717, 1.165) is 0 Å². The Hall–Kier alpha value is -1.19. The SMILES string of the molecule is CC(=O)NC(CCS(=O)(=O)O)CC(C)(C)[C@H]1OCOC1=O. The van der Waals surface area contributed by atoms with Crippen LogP contribution in [-0.2, 0) is 29.2 Å². The van der Waals surface area contributed by atoms with E-state index < -0.39 is 39.4 Å². The molecule has 21 heavy (non-hydrogen) atoms. The molecule has 0 radical (unpaired) electrons. The molecule has 122 valence electrons. The summed E-state index contributed by atoms with van der Waals surface area (Å²) in [6, 6.07) is -0.503. The fraction of sp³-hybridized carbons (Fsp3) is 0.833. The largest absolute Gasteiger partial charge is 0.436 e. The topological polar surface area (TPSA) is 119 Å². The molecule has 8 nitrogen and oxygen atoms in total. The van der Waals surface area contributed by atoms with Crippen molar-refractivity contribution in [3.63, 3.8) is 0 Å². The van der Waals surface area contributed by atoms with E-state index in [1.54, 1.807) is 13.8 Å². The van der Waals surface area contributed by atoms with Gasteiger partial charge in [-0.25, -0.2) is 4.79 Å². The lowest BCUT2D eigenvalue weighted by molar-refractivity contribution is -0.141. The summed E-state index contributed by atoms with van der Waals surface area (Å²) in [6.45, 7) is 4.75. The molecule has 0 aromatic heterocycles. The van der Waals surface area contributed by atoms with Crippen molar-refractivity contribution in [2.24, 2.45) is 5.41 Å². The van der Waals surface area contributed by atoms with E-state index in [1.807, 2.05) is 0 Å². The Morgan fingerprint density at radius 2 is 2.14 bits per heavy atom. The molecular weight excluding hydrogens is 302 g/mol. The zero-order chi connectivity index (χ0) is 16.3. The molecule has 1 rings (SSSR count). The summed E-state index contributed by atoms with van der Waals surface area (Å²) < 4.78 is 40.5. The molecule has 9 heteroatoms. The third kappa shape index (κ3) is 5.98. The normalized spacial score (nSPS) is 21.0. The van der Waals surface area contributed by atoms with Crippen LogP contribution in [0.15, 0.2) is 0 Å². The van der Waals surface area contributed by atoms with Gasteiger partial charge in [0.1, 0.15) is 0 Å². The molecule has 1 amide bonds. The van der Waals surface area contributed by atoms with Gasteiger partial charge in [-0.2, -0.15) is 8.42 Å². The number of rotatable bonds is 7. The van der Waals surface area contributed by atoms with E-state index >= 15 is 0 Å². The van der Waals surface area contributed by atoms with Crippen LogP contribution in [-0.4, -0.2) is 49.5 Å². The maximum Gasteiger partial charge on any atom is 0.338 e. The number of esters is 1. The van der Waals surface area contributed by atoms with Gasteiger partial charge in [0.25, 0.3) is 10.1 Å². The predicted octanol–water partition coefficient (Wildman–Crippen LogP) is 0.0848. The number of hydrogen-bond donors (Lipinski definition) is 2. The zero-order valence-corrected chi connectivity index (χ0v) is 13.1. The van der Waals surface area contributed by atoms with Crippen LogP contribution in [0, 0.1) is 5.41 Å². The quantitative estimate of drug-likeness (QED) is 0.503. The number of cyclic esters (lactones) is 1. The van der Waals surface area contributed by atoms with Gasteiger partial charge in [0.05, 0.1) is 5.75 Å². The number of amides is 1. The van der Waals surface area contributed by atoms with Crippen LogP contribution in [0.5, 0.6) is 0 Å². The highest BCUT2D eigenvalue weighted by Gasteiger charge is 2.42. The zero-order valence-electron chi connectivity index (χ0n) is 12.3. The van der Waals surface area contributed by atoms with E-state index in [9.17, 15) is 18.0 Å². The van der Waals surface area contributed by atoms with Crippen LogP contribution in [0.25, 0.3) is 0 Å². The minimum absolute atomic E-state index is 0.0452. The predicted molar refractivity (Wildman–Crippen MR) is 72.9 cm³/mol. The molecular formula is C12H21NO7S. The Morgan fingerprint density at radius 3 is 2.57 bits per heavy atom. The van der Waals surface area contributed by atoms with E-state index in [-0.39, 0.29) is 19.1 Å². The highest BCUT2D eigenvalue weighted by atomic mass is 32.2. The second-order valence-corrected chi connectivity index (χ2v) is 7.36. The van der Waals surface area contributed by atoms with Gasteiger partial charge >= 0.3 is 5.97 Å². The third-order valence-corrected chi connectivity index (χ3v) is 4.02. The Kier molecular flexibility index (Phi) is 5.71. The highest BCUT2D eigenvalue weighted by molar-refractivity contribution is 7.85. The van der Waals surface area contributed by atoms with Crippen LogP contribution >= 0.6 is 0 Å². The summed E-state index contributed by atoms with van der Waals surface area (Å²) >= 11 is 0. The Bertz CT molecular complexity index is 500. The molecule has 1 unspecified atom stereocenters. The minimum atomic E-state index is -4.11. The molecule has 2 atom stereocenters. The van der Waals surface area contributed by atoms with Crippen molar-refractivity contribution in [2.45, 2.75) is 45.8 Å². The first-order valence-electron chi connectivity index (χ1n) is 6.52. The number of carbonyl (C=O) groups is 2. The Morgan fingerprint density at radius 1 is 1.52 bits per heavy atom. The summed E-state index contributed by atoms with van der Waals surface area (Å²) in [5.41, 5.74) is -0.653. The monoisotopic (exact) mass is 323 g/mol. The van der Waals surface area contributed by atoms with Crippen LogP contribution < -0.4 is 5.32 Å². The van der Waals surface area contributed by atoms with Gasteiger partial charge in [0, 0.05) is 18.4 Å². The molecule has 0 bridgehead atoms. The lowest BCUT2D eigenvalue weighted by Gasteiger charge is -2.32. The first kappa shape index (κ1) is 17.9. The molecule has 1 heterocycles. The van der Waals surface area contributed by atoms with Crippen molar-refractivity contribution in [1.29, 1.82) is 0 Å². The van der Waals surface area contributed by atoms with Crippen LogP contribution in [0.2, 0.25) is 0 Å². The second-order valence-electron chi connectivity index (χ2n) is 5.79. The lowest BCUT2D eigenvalue weighted by atomic mass is 9.79. The lowest BCUT2D eigenvalue weighted by Crippen LogP contribution is -2.43. The van der Waals surface area contributed by atoms with Crippen molar-refractivity contribution in [3.8, 4) is 0 Å². The van der Waals surface area contributed by atoms with Crippen molar-refractivity contribution in [1.82, 2.24) is 5.32 Å². The smallest absolute Gasteiger partial charge is 0.338 e. The van der Waals surface area contributed by atoms with Crippen LogP contribution in [0.1, 0.15) is 33.6 Å². The van der Waals surface area contributed by atoms with Gasteiger partial charge in [-0.1, -0.05) is 13.8 Å². The standard InChI is InChI=1S/C12H21NO7S/c1-8(14)13-9(4-5-21(16,17)18)6-12(2,3)10-11(15)20-7-19-10/h9-10H,4-7H2,1-3H3,(H,13,14)(H,16,17,18)/t9?,10-/m0/s1. The van der Waals surface area contributed by atoms with Gasteiger partial charge in [0.15, 0.2) is 12.9 Å². The summed E-state index contributed by atoms with van der Waals surface area (Å²) in [7, 11) is -4.11. The average Bonchev–Trinajstić information content (AvgIpc) is 2.71. The van der Waals surface area contributed by atoms with E-state index in [1.165, 1.54) is 6.92 Å². The first-order valence-corrected chi connectivity index (χ1v) is 8.13. The van der Waals surface area contributed by atoms with Gasteiger partial charge in [-0.15, -0.1) is 0 Å². The second kappa shape index (κ2) is 6.71. The minimum Gasteiger partial charge on any atom is -0.436 e. The van der Waals surface area contributed by atoms with Crippen molar-refractivity contribution >= 4 is 22.0 Å². The number of carbonyl (C=O) groups excluding carboxylic acids is 2. The molecule has 0 spiro atoms. The molecule has 0 saturated carbocycles. The summed E-state index contributed by atoms with van der Waals surface area (Å²) in [6.07, 6.45) is -0.412. The molecule has 1 aliphatic rings. The first-order chi connectivity index (χ1) is 9.51. The molecule has 1 aliphatic heterocycles. The molecule has 1 saturated heterocycles. The van der Waals surface area contributed by atoms with Gasteiger partial charge in [-0.3, -0.25) is 9.35 Å². The Labute approximate surface area is 123 Å². The van der Waals surface area contributed by atoms with Gasteiger partial charge < -0.3 is 14.8 Å². The van der Waals surface area contributed by atoms with Crippen LogP contribution in [0.3, 0.4) is 0 Å². The molecule has 2 N–H and O–H groups in total. The summed E-state index contributed by atoms with van der Waals surface area (Å²) in [4.78, 5) is 22.8. The molecule has 1 fully saturated rings. The Balaban J connectivity index is 2.74.